The van der Waals surface area contributed by atoms with Gasteiger partial charge in [0, 0.05) is 6.54 Å². The highest BCUT2D eigenvalue weighted by Crippen LogP contribution is 2.35. The molecule has 7 heteroatoms. The molecule has 3 rings (SSSR count). The number of carbonyl (C=O) groups excluding carboxylic acids is 1. The van der Waals surface area contributed by atoms with Crippen molar-refractivity contribution in [2.75, 3.05) is 27.4 Å². The largest absolute Gasteiger partial charge is 0.497 e. The summed E-state index contributed by atoms with van der Waals surface area (Å²) in [5.74, 6) is 2.11. The molecule has 1 fully saturated rings. The Bertz CT molecular complexity index is 957. The molecule has 5 nitrogen and oxygen atoms in total. The van der Waals surface area contributed by atoms with E-state index in [1.807, 2.05) is 48.5 Å². The maximum absolute atomic E-state index is 12.9. The number of rotatable bonds is 10. The molecule has 0 bridgehead atoms. The van der Waals surface area contributed by atoms with E-state index in [0.29, 0.717) is 33.9 Å². The summed E-state index contributed by atoms with van der Waals surface area (Å²) in [6, 6.07) is 13.5. The van der Waals surface area contributed by atoms with Crippen LogP contribution in [-0.2, 0) is 11.2 Å². The number of thiocarbonyl (C=S) groups is 1. The van der Waals surface area contributed by atoms with Gasteiger partial charge in [0.1, 0.15) is 10.1 Å². The van der Waals surface area contributed by atoms with Crippen molar-refractivity contribution in [3.05, 3.63) is 58.5 Å². The summed E-state index contributed by atoms with van der Waals surface area (Å²) in [5.41, 5.74) is 2.00. The van der Waals surface area contributed by atoms with E-state index >= 15 is 0 Å². The van der Waals surface area contributed by atoms with Crippen molar-refractivity contribution < 1.29 is 19.0 Å². The zero-order valence-corrected chi connectivity index (χ0v) is 19.7. The lowest BCUT2D eigenvalue weighted by molar-refractivity contribution is -0.122. The predicted molar refractivity (Wildman–Crippen MR) is 130 cm³/mol. The zero-order valence-electron chi connectivity index (χ0n) is 18.1. The van der Waals surface area contributed by atoms with E-state index in [4.69, 9.17) is 26.4 Å². The lowest BCUT2D eigenvalue weighted by Crippen LogP contribution is -2.30. The number of methoxy groups -OCH3 is 2. The maximum atomic E-state index is 12.9. The van der Waals surface area contributed by atoms with Crippen molar-refractivity contribution in [3.63, 3.8) is 0 Å². The minimum Gasteiger partial charge on any atom is -0.497 e. The molecule has 0 unspecified atom stereocenters. The van der Waals surface area contributed by atoms with E-state index < -0.39 is 0 Å². The molecule has 0 N–H and O–H groups in total. The Morgan fingerprint density at radius 2 is 1.84 bits per heavy atom. The van der Waals surface area contributed by atoms with Gasteiger partial charge in [-0.1, -0.05) is 55.5 Å². The molecular formula is C24H27NO4S2. The number of unbranched alkanes of at least 4 members (excludes halogenated alkanes) is 1. The first kappa shape index (κ1) is 23.2. The molecule has 164 valence electrons. The van der Waals surface area contributed by atoms with Crippen molar-refractivity contribution in [1.82, 2.24) is 4.90 Å². The zero-order chi connectivity index (χ0) is 22.2. The van der Waals surface area contributed by atoms with E-state index in [1.165, 1.54) is 11.8 Å². The standard InChI is InChI=1S/C24H27NO4S2/c1-4-5-14-29-20-11-8-18(15-21(20)28-3)16-22-23(26)25(24(30)31-22)13-12-17-6-9-19(27-2)10-7-17/h6-11,15-16H,4-5,12-14H2,1-3H3. The van der Waals surface area contributed by atoms with Crippen LogP contribution in [0.2, 0.25) is 0 Å². The average Bonchev–Trinajstić information content (AvgIpc) is 3.05. The van der Waals surface area contributed by atoms with Crippen LogP contribution in [0.25, 0.3) is 6.08 Å². The normalized spacial score (nSPS) is 14.9. The van der Waals surface area contributed by atoms with Crippen LogP contribution in [0.1, 0.15) is 30.9 Å². The van der Waals surface area contributed by atoms with Crippen LogP contribution in [0.15, 0.2) is 47.4 Å². The van der Waals surface area contributed by atoms with Gasteiger partial charge in [-0.3, -0.25) is 9.69 Å². The van der Waals surface area contributed by atoms with Gasteiger partial charge in [-0.15, -0.1) is 0 Å². The van der Waals surface area contributed by atoms with E-state index in [-0.39, 0.29) is 5.91 Å². The molecule has 0 atom stereocenters. The van der Waals surface area contributed by atoms with Gasteiger partial charge in [0.25, 0.3) is 5.91 Å². The molecule has 1 saturated heterocycles. The summed E-state index contributed by atoms with van der Waals surface area (Å²) in [7, 11) is 3.26. The number of thioether (sulfide) groups is 1. The summed E-state index contributed by atoms with van der Waals surface area (Å²) in [6.45, 7) is 3.32. The van der Waals surface area contributed by atoms with Crippen LogP contribution in [0, 0.1) is 0 Å². The number of hydrogen-bond acceptors (Lipinski definition) is 6. The SMILES string of the molecule is CCCCOc1ccc(C=C2SC(=S)N(CCc3ccc(OC)cc3)C2=O)cc1OC. The Hall–Kier alpha value is -2.51. The molecule has 1 aliphatic heterocycles. The predicted octanol–water partition coefficient (Wildman–Crippen LogP) is 5.33. The molecule has 0 aliphatic carbocycles. The fraction of sp³-hybridized carbons (Fsp3) is 0.333. The van der Waals surface area contributed by atoms with Crippen molar-refractivity contribution in [3.8, 4) is 17.2 Å². The van der Waals surface area contributed by atoms with Crippen molar-refractivity contribution in [1.29, 1.82) is 0 Å². The van der Waals surface area contributed by atoms with Crippen molar-refractivity contribution in [2.45, 2.75) is 26.2 Å². The highest BCUT2D eigenvalue weighted by atomic mass is 32.2. The molecule has 0 radical (unpaired) electrons. The van der Waals surface area contributed by atoms with E-state index in [1.54, 1.807) is 19.1 Å². The fourth-order valence-electron chi connectivity index (χ4n) is 3.10. The summed E-state index contributed by atoms with van der Waals surface area (Å²) < 4.78 is 17.0. The van der Waals surface area contributed by atoms with Crippen LogP contribution in [0.4, 0.5) is 0 Å². The highest BCUT2D eigenvalue weighted by Gasteiger charge is 2.31. The van der Waals surface area contributed by atoms with Gasteiger partial charge in [0.2, 0.25) is 0 Å². The summed E-state index contributed by atoms with van der Waals surface area (Å²) in [5, 5.41) is 0. The van der Waals surface area contributed by atoms with Gasteiger partial charge in [-0.05, 0) is 54.3 Å². The highest BCUT2D eigenvalue weighted by molar-refractivity contribution is 8.26. The Balaban J connectivity index is 1.67. The number of amides is 1. The molecule has 1 amide bonds. The first-order chi connectivity index (χ1) is 15.0. The monoisotopic (exact) mass is 457 g/mol. The van der Waals surface area contributed by atoms with Gasteiger partial charge in [0.15, 0.2) is 11.5 Å². The molecule has 0 aromatic heterocycles. The van der Waals surface area contributed by atoms with Crippen LogP contribution >= 0.6 is 24.0 Å². The average molecular weight is 458 g/mol. The maximum Gasteiger partial charge on any atom is 0.266 e. The molecule has 2 aromatic carbocycles. The van der Waals surface area contributed by atoms with Crippen LogP contribution in [-0.4, -0.2) is 42.5 Å². The minimum atomic E-state index is -0.0641. The minimum absolute atomic E-state index is 0.0641. The van der Waals surface area contributed by atoms with Gasteiger partial charge in [-0.2, -0.15) is 0 Å². The first-order valence-electron chi connectivity index (χ1n) is 10.2. The van der Waals surface area contributed by atoms with Gasteiger partial charge in [-0.25, -0.2) is 0 Å². The van der Waals surface area contributed by atoms with Crippen LogP contribution < -0.4 is 14.2 Å². The summed E-state index contributed by atoms with van der Waals surface area (Å²) >= 11 is 6.79. The number of ether oxygens (including phenoxy) is 3. The summed E-state index contributed by atoms with van der Waals surface area (Å²) in [6.07, 6.45) is 4.64. The molecule has 31 heavy (non-hydrogen) atoms. The number of hydrogen-bond donors (Lipinski definition) is 0. The first-order valence-corrected chi connectivity index (χ1v) is 11.5. The van der Waals surface area contributed by atoms with Crippen LogP contribution in [0.5, 0.6) is 17.2 Å². The molecule has 0 saturated carbocycles. The van der Waals surface area contributed by atoms with Gasteiger partial charge >= 0.3 is 0 Å². The van der Waals surface area contributed by atoms with Gasteiger partial charge < -0.3 is 14.2 Å². The lowest BCUT2D eigenvalue weighted by Gasteiger charge is -2.14. The van der Waals surface area contributed by atoms with Crippen LogP contribution in [0.3, 0.4) is 0 Å². The van der Waals surface area contributed by atoms with Gasteiger partial charge in [0.05, 0.1) is 25.7 Å². The number of nitrogens with zero attached hydrogens (tertiary/aromatic N) is 1. The second kappa shape index (κ2) is 11.2. The van der Waals surface area contributed by atoms with Crippen molar-refractivity contribution >= 4 is 40.3 Å². The Kier molecular flexibility index (Phi) is 8.37. The quantitative estimate of drug-likeness (QED) is 0.273. The topological polar surface area (TPSA) is 48.0 Å². The van der Waals surface area contributed by atoms with E-state index in [0.717, 1.165) is 36.1 Å². The van der Waals surface area contributed by atoms with E-state index in [2.05, 4.69) is 6.92 Å². The number of benzene rings is 2. The molecule has 0 spiro atoms. The number of carbonyl (C=O) groups is 1. The van der Waals surface area contributed by atoms with E-state index in [9.17, 15) is 4.79 Å². The summed E-state index contributed by atoms with van der Waals surface area (Å²) in [4.78, 5) is 15.2. The fourth-order valence-corrected chi connectivity index (χ4v) is 4.41. The third kappa shape index (κ3) is 6.02. The Labute approximate surface area is 193 Å². The molecular weight excluding hydrogens is 430 g/mol. The molecule has 1 heterocycles. The second-order valence-corrected chi connectivity index (χ2v) is 8.72. The third-order valence-corrected chi connectivity index (χ3v) is 6.28. The molecule has 2 aromatic rings. The third-order valence-electron chi connectivity index (χ3n) is 4.90. The second-order valence-electron chi connectivity index (χ2n) is 7.04. The molecule has 1 aliphatic rings. The van der Waals surface area contributed by atoms with Crippen molar-refractivity contribution in [2.24, 2.45) is 0 Å². The smallest absolute Gasteiger partial charge is 0.266 e. The Morgan fingerprint density at radius 1 is 1.06 bits per heavy atom. The lowest BCUT2D eigenvalue weighted by atomic mass is 10.1. The Morgan fingerprint density at radius 3 is 2.52 bits per heavy atom.